The smallest absolute Gasteiger partial charge is 0.255 e. The summed E-state index contributed by atoms with van der Waals surface area (Å²) in [7, 11) is 1.76. The number of hydrogen-bond acceptors (Lipinski definition) is 3. The lowest BCUT2D eigenvalue weighted by Crippen LogP contribution is -2.41. The van der Waals surface area contributed by atoms with Gasteiger partial charge in [-0.1, -0.05) is 12.1 Å². The van der Waals surface area contributed by atoms with Gasteiger partial charge in [0.05, 0.1) is 11.8 Å². The first kappa shape index (κ1) is 16.2. The molecule has 2 heterocycles. The highest BCUT2D eigenvalue weighted by atomic mass is 19.1. The topological polar surface area (TPSA) is 67.2 Å². The fraction of sp³-hybridized carbons (Fsp3) is 0.353. The fourth-order valence-corrected chi connectivity index (χ4v) is 2.80. The third-order valence-electron chi connectivity index (χ3n) is 4.37. The molecule has 1 N–H and O–H groups in total. The first-order chi connectivity index (χ1) is 11.5. The molecule has 2 amide bonds. The van der Waals surface area contributed by atoms with Crippen LogP contribution in [0.1, 0.15) is 28.0 Å². The molecule has 0 bridgehead atoms. The highest BCUT2D eigenvalue weighted by Gasteiger charge is 2.33. The predicted molar refractivity (Wildman–Crippen MR) is 85.6 cm³/mol. The second-order valence-corrected chi connectivity index (χ2v) is 5.97. The van der Waals surface area contributed by atoms with E-state index in [-0.39, 0.29) is 17.6 Å². The van der Waals surface area contributed by atoms with E-state index in [0.717, 1.165) is 11.3 Å². The van der Waals surface area contributed by atoms with Gasteiger partial charge in [-0.25, -0.2) is 4.39 Å². The lowest BCUT2D eigenvalue weighted by atomic mass is 10.2. The molecule has 1 atom stereocenters. The SMILES string of the molecule is Cc1c(C(=O)NC2CCN(Cc3ccc(F)cc3)C2=O)cnn1C. The van der Waals surface area contributed by atoms with Crippen LogP contribution in [0.2, 0.25) is 0 Å². The molecule has 1 aliphatic heterocycles. The molecule has 1 aliphatic rings. The van der Waals surface area contributed by atoms with Crippen LogP contribution in [-0.2, 0) is 18.4 Å². The standard InChI is InChI=1S/C17H19FN4O2/c1-11-14(9-19-21(11)2)16(23)20-15-7-8-22(17(15)24)10-12-3-5-13(18)6-4-12/h3-6,9,15H,7-8,10H2,1-2H3,(H,20,23). The molecule has 126 valence electrons. The first-order valence-electron chi connectivity index (χ1n) is 7.78. The molecular weight excluding hydrogens is 311 g/mol. The van der Waals surface area contributed by atoms with Gasteiger partial charge in [-0.15, -0.1) is 0 Å². The number of likely N-dealkylation sites (tertiary alicyclic amines) is 1. The summed E-state index contributed by atoms with van der Waals surface area (Å²) in [5.74, 6) is -0.708. The normalized spacial score (nSPS) is 17.4. The highest BCUT2D eigenvalue weighted by molar-refractivity contribution is 5.98. The van der Waals surface area contributed by atoms with Gasteiger partial charge in [0.2, 0.25) is 5.91 Å². The van der Waals surface area contributed by atoms with Crippen molar-refractivity contribution >= 4 is 11.8 Å². The van der Waals surface area contributed by atoms with E-state index >= 15 is 0 Å². The number of amides is 2. The van der Waals surface area contributed by atoms with Crippen LogP contribution in [0.25, 0.3) is 0 Å². The molecular formula is C17H19FN4O2. The Bertz CT molecular complexity index is 769. The Morgan fingerprint density at radius 2 is 2.08 bits per heavy atom. The average molecular weight is 330 g/mol. The van der Waals surface area contributed by atoms with Crippen molar-refractivity contribution in [1.29, 1.82) is 0 Å². The van der Waals surface area contributed by atoms with E-state index in [0.29, 0.717) is 25.1 Å². The zero-order valence-corrected chi connectivity index (χ0v) is 13.6. The zero-order valence-electron chi connectivity index (χ0n) is 13.6. The largest absolute Gasteiger partial charge is 0.340 e. The molecule has 7 heteroatoms. The molecule has 1 unspecified atom stereocenters. The fourth-order valence-electron chi connectivity index (χ4n) is 2.80. The van der Waals surface area contributed by atoms with Crippen molar-refractivity contribution in [3.8, 4) is 0 Å². The summed E-state index contributed by atoms with van der Waals surface area (Å²) in [6.07, 6.45) is 2.06. The monoisotopic (exact) mass is 330 g/mol. The Morgan fingerprint density at radius 3 is 2.71 bits per heavy atom. The number of hydrogen-bond donors (Lipinski definition) is 1. The highest BCUT2D eigenvalue weighted by Crippen LogP contribution is 2.16. The average Bonchev–Trinajstić information content (AvgIpc) is 3.07. The molecule has 0 aliphatic carbocycles. The molecule has 3 rings (SSSR count). The molecule has 2 aromatic rings. The number of aromatic nitrogens is 2. The van der Waals surface area contributed by atoms with Crippen LogP contribution >= 0.6 is 0 Å². The zero-order chi connectivity index (χ0) is 17.3. The molecule has 0 spiro atoms. The van der Waals surface area contributed by atoms with Gasteiger partial charge in [0.15, 0.2) is 0 Å². The van der Waals surface area contributed by atoms with E-state index in [4.69, 9.17) is 0 Å². The summed E-state index contributed by atoms with van der Waals surface area (Å²) in [6, 6.07) is 5.54. The molecule has 6 nitrogen and oxygen atoms in total. The third kappa shape index (κ3) is 3.15. The van der Waals surface area contributed by atoms with Gasteiger partial charge in [0, 0.05) is 25.8 Å². The van der Waals surface area contributed by atoms with Crippen LogP contribution < -0.4 is 5.32 Å². The van der Waals surface area contributed by atoms with Crippen LogP contribution in [0.3, 0.4) is 0 Å². The number of benzene rings is 1. The number of carbonyl (C=O) groups is 2. The number of rotatable bonds is 4. The van der Waals surface area contributed by atoms with Crippen LogP contribution in [0, 0.1) is 12.7 Å². The molecule has 1 aromatic carbocycles. The van der Waals surface area contributed by atoms with E-state index in [1.807, 2.05) is 0 Å². The van der Waals surface area contributed by atoms with E-state index in [1.165, 1.54) is 18.3 Å². The van der Waals surface area contributed by atoms with Crippen molar-refractivity contribution in [2.75, 3.05) is 6.54 Å². The predicted octanol–water partition coefficient (Wildman–Crippen LogP) is 1.40. The second kappa shape index (κ2) is 6.43. The van der Waals surface area contributed by atoms with E-state index < -0.39 is 6.04 Å². The maximum absolute atomic E-state index is 12.9. The summed E-state index contributed by atoms with van der Waals surface area (Å²) in [6.45, 7) is 2.78. The minimum Gasteiger partial charge on any atom is -0.340 e. The summed E-state index contributed by atoms with van der Waals surface area (Å²) in [5, 5.41) is 6.82. The van der Waals surface area contributed by atoms with Crippen LogP contribution in [0.15, 0.2) is 30.5 Å². The van der Waals surface area contributed by atoms with E-state index in [2.05, 4.69) is 10.4 Å². The van der Waals surface area contributed by atoms with Gasteiger partial charge in [0.25, 0.3) is 5.91 Å². The van der Waals surface area contributed by atoms with Gasteiger partial charge < -0.3 is 10.2 Å². The van der Waals surface area contributed by atoms with Crippen molar-refractivity contribution in [1.82, 2.24) is 20.0 Å². The number of nitrogens with one attached hydrogen (secondary N) is 1. The Labute approximate surface area is 139 Å². The second-order valence-electron chi connectivity index (χ2n) is 5.97. The van der Waals surface area contributed by atoms with Crippen molar-refractivity contribution < 1.29 is 14.0 Å². The summed E-state index contributed by atoms with van der Waals surface area (Å²) >= 11 is 0. The van der Waals surface area contributed by atoms with Crippen molar-refractivity contribution in [2.45, 2.75) is 25.9 Å². The summed E-state index contributed by atoms with van der Waals surface area (Å²) < 4.78 is 14.6. The van der Waals surface area contributed by atoms with Crippen molar-refractivity contribution in [3.63, 3.8) is 0 Å². The minimum absolute atomic E-state index is 0.116. The summed E-state index contributed by atoms with van der Waals surface area (Å²) in [4.78, 5) is 26.4. The van der Waals surface area contributed by atoms with Gasteiger partial charge in [-0.3, -0.25) is 14.3 Å². The van der Waals surface area contributed by atoms with Gasteiger partial charge in [-0.2, -0.15) is 5.10 Å². The number of carbonyl (C=O) groups excluding carboxylic acids is 2. The van der Waals surface area contributed by atoms with Crippen LogP contribution in [0.5, 0.6) is 0 Å². The maximum Gasteiger partial charge on any atom is 0.255 e. The van der Waals surface area contributed by atoms with Crippen LogP contribution in [-0.4, -0.2) is 39.1 Å². The van der Waals surface area contributed by atoms with Gasteiger partial charge in [-0.05, 0) is 31.0 Å². The molecule has 0 radical (unpaired) electrons. The van der Waals surface area contributed by atoms with Crippen molar-refractivity contribution in [3.05, 3.63) is 53.1 Å². The molecule has 0 saturated carbocycles. The van der Waals surface area contributed by atoms with E-state index in [9.17, 15) is 14.0 Å². The lowest BCUT2D eigenvalue weighted by molar-refractivity contribution is -0.129. The minimum atomic E-state index is -0.530. The maximum atomic E-state index is 12.9. The quantitative estimate of drug-likeness (QED) is 0.921. The number of nitrogens with zero attached hydrogens (tertiary/aromatic N) is 3. The van der Waals surface area contributed by atoms with E-state index in [1.54, 1.807) is 35.7 Å². The third-order valence-corrected chi connectivity index (χ3v) is 4.37. The molecule has 1 aromatic heterocycles. The van der Waals surface area contributed by atoms with Gasteiger partial charge in [0.1, 0.15) is 11.9 Å². The number of aryl methyl sites for hydroxylation is 1. The Kier molecular flexibility index (Phi) is 4.33. The molecule has 1 saturated heterocycles. The lowest BCUT2D eigenvalue weighted by Gasteiger charge is -2.17. The Hall–Kier alpha value is -2.70. The molecule has 24 heavy (non-hydrogen) atoms. The van der Waals surface area contributed by atoms with Crippen molar-refractivity contribution in [2.24, 2.45) is 7.05 Å². The first-order valence-corrected chi connectivity index (χ1v) is 7.78. The van der Waals surface area contributed by atoms with Gasteiger partial charge >= 0.3 is 0 Å². The Balaban J connectivity index is 1.62. The Morgan fingerprint density at radius 1 is 1.38 bits per heavy atom. The number of halogens is 1. The molecule has 1 fully saturated rings. The summed E-state index contributed by atoms with van der Waals surface area (Å²) in [5.41, 5.74) is 2.09. The van der Waals surface area contributed by atoms with Crippen LogP contribution in [0.4, 0.5) is 4.39 Å².